The van der Waals surface area contributed by atoms with Crippen molar-refractivity contribution in [1.29, 1.82) is 0 Å². The monoisotopic (exact) mass is 419 g/mol. The maximum atomic E-state index is 12.5. The summed E-state index contributed by atoms with van der Waals surface area (Å²) in [4.78, 5) is 51.5. The maximum absolute atomic E-state index is 12.5. The molecule has 0 unspecified atom stereocenters. The lowest BCUT2D eigenvalue weighted by molar-refractivity contribution is -0.143. The van der Waals surface area contributed by atoms with Crippen molar-refractivity contribution >= 4 is 40.8 Å². The molecule has 7 nitrogen and oxygen atoms in total. The predicted octanol–water partition coefficient (Wildman–Crippen LogP) is 3.34. The molecule has 2 aromatic carbocycles. The van der Waals surface area contributed by atoms with Gasteiger partial charge in [-0.1, -0.05) is 48.5 Å². The zero-order chi connectivity index (χ0) is 21.1. The molecular formula is C22H17N3O4S. The number of nitrogens with one attached hydrogen (secondary N) is 1. The van der Waals surface area contributed by atoms with Crippen LogP contribution in [0.3, 0.4) is 0 Å². The van der Waals surface area contributed by atoms with Gasteiger partial charge in [-0.3, -0.25) is 19.3 Å². The van der Waals surface area contributed by atoms with Gasteiger partial charge < -0.3 is 5.32 Å². The van der Waals surface area contributed by atoms with Crippen molar-refractivity contribution in [2.24, 2.45) is 0 Å². The van der Waals surface area contributed by atoms with Crippen molar-refractivity contribution < 1.29 is 19.2 Å². The molecule has 1 aliphatic rings. The van der Waals surface area contributed by atoms with Crippen molar-refractivity contribution in [1.82, 2.24) is 9.80 Å². The number of thiophene rings is 1. The van der Waals surface area contributed by atoms with Crippen LogP contribution in [-0.4, -0.2) is 40.1 Å². The van der Waals surface area contributed by atoms with Crippen molar-refractivity contribution in [3.05, 3.63) is 77.0 Å². The fraction of sp³-hybridized carbons (Fsp3) is 0.0909. The Morgan fingerprint density at radius 1 is 0.800 bits per heavy atom. The quantitative estimate of drug-likeness (QED) is 0.490. The molecule has 0 saturated carbocycles. The van der Waals surface area contributed by atoms with Crippen molar-refractivity contribution in [3.8, 4) is 11.1 Å². The minimum absolute atomic E-state index is 0.0140. The Labute approximate surface area is 176 Å². The molecule has 1 saturated heterocycles. The summed E-state index contributed by atoms with van der Waals surface area (Å²) in [5.74, 6) is -2.48. The average molecular weight is 419 g/mol. The summed E-state index contributed by atoms with van der Waals surface area (Å²) < 4.78 is 0. The van der Waals surface area contributed by atoms with Crippen LogP contribution in [0, 0.1) is 0 Å². The van der Waals surface area contributed by atoms with E-state index in [-0.39, 0.29) is 6.54 Å². The molecule has 1 fully saturated rings. The maximum Gasteiger partial charge on any atom is 0.335 e. The summed E-state index contributed by atoms with van der Waals surface area (Å²) in [6.07, 6.45) is 0. The molecule has 3 aromatic rings. The fourth-order valence-electron chi connectivity index (χ4n) is 3.11. The number of hydrogen-bond donors (Lipinski definition) is 1. The number of benzene rings is 2. The molecule has 2 heterocycles. The van der Waals surface area contributed by atoms with E-state index in [9.17, 15) is 19.2 Å². The molecular weight excluding hydrogens is 402 g/mol. The van der Waals surface area contributed by atoms with E-state index in [1.807, 2.05) is 47.8 Å². The van der Waals surface area contributed by atoms with E-state index in [4.69, 9.17) is 0 Å². The van der Waals surface area contributed by atoms with Crippen LogP contribution in [0.5, 0.6) is 0 Å². The predicted molar refractivity (Wildman–Crippen MR) is 112 cm³/mol. The van der Waals surface area contributed by atoms with E-state index >= 15 is 0 Å². The smallest absolute Gasteiger partial charge is 0.325 e. The van der Waals surface area contributed by atoms with E-state index in [2.05, 4.69) is 5.32 Å². The van der Waals surface area contributed by atoms with E-state index in [0.29, 0.717) is 10.6 Å². The number of anilines is 1. The van der Waals surface area contributed by atoms with Gasteiger partial charge in [-0.25, -0.2) is 9.69 Å². The Balaban J connectivity index is 1.39. The summed E-state index contributed by atoms with van der Waals surface area (Å²) in [5, 5.41) is 4.47. The van der Waals surface area contributed by atoms with Crippen LogP contribution >= 0.6 is 11.3 Å². The molecule has 150 valence electrons. The summed E-state index contributed by atoms with van der Waals surface area (Å²) in [7, 11) is 0. The van der Waals surface area contributed by atoms with Gasteiger partial charge in [0.05, 0.1) is 6.54 Å². The fourth-order valence-corrected chi connectivity index (χ4v) is 3.80. The molecule has 1 aromatic heterocycles. The SMILES string of the molecule is O=C(CN1C(=O)C(=O)N(Cc2cccs2)C1=O)Nc1ccc(-c2ccccc2)cc1. The van der Waals surface area contributed by atoms with E-state index in [1.165, 1.54) is 11.3 Å². The highest BCUT2D eigenvalue weighted by atomic mass is 32.1. The van der Waals surface area contributed by atoms with Crippen LogP contribution in [-0.2, 0) is 20.9 Å². The molecule has 30 heavy (non-hydrogen) atoms. The van der Waals surface area contributed by atoms with Gasteiger partial charge in [0.2, 0.25) is 5.91 Å². The minimum Gasteiger partial charge on any atom is -0.325 e. The Hall–Kier alpha value is -3.78. The average Bonchev–Trinajstić information content (AvgIpc) is 3.34. The molecule has 0 aliphatic carbocycles. The van der Waals surface area contributed by atoms with Crippen LogP contribution < -0.4 is 5.32 Å². The number of carbonyl (C=O) groups excluding carboxylic acids is 4. The highest BCUT2D eigenvalue weighted by molar-refractivity contribution is 7.09. The zero-order valence-electron chi connectivity index (χ0n) is 15.8. The first kappa shape index (κ1) is 19.5. The van der Waals surface area contributed by atoms with E-state index < -0.39 is 30.3 Å². The van der Waals surface area contributed by atoms with Crippen molar-refractivity contribution in [3.63, 3.8) is 0 Å². The third-order valence-electron chi connectivity index (χ3n) is 4.61. The van der Waals surface area contributed by atoms with E-state index in [1.54, 1.807) is 24.3 Å². The highest BCUT2D eigenvalue weighted by Crippen LogP contribution is 2.22. The lowest BCUT2D eigenvalue weighted by Gasteiger charge is -2.15. The van der Waals surface area contributed by atoms with E-state index in [0.717, 1.165) is 20.9 Å². The Kier molecular flexibility index (Phi) is 5.40. The number of nitrogens with zero attached hydrogens (tertiary/aromatic N) is 2. The van der Waals surface area contributed by atoms with Crippen molar-refractivity contribution in [2.75, 3.05) is 11.9 Å². The Bertz CT molecular complexity index is 1100. The minimum atomic E-state index is -0.994. The first-order valence-electron chi connectivity index (χ1n) is 9.18. The molecule has 0 radical (unpaired) electrons. The standard InChI is InChI=1S/C22H17N3O4S/c26-19(23-17-10-8-16(9-11-17)15-5-2-1-3-6-15)14-25-21(28)20(27)24(22(25)29)13-18-7-4-12-30-18/h1-12H,13-14H2,(H,23,26). The number of hydrogen-bond acceptors (Lipinski definition) is 5. The highest BCUT2D eigenvalue weighted by Gasteiger charge is 2.45. The topological polar surface area (TPSA) is 86.8 Å². The molecule has 4 rings (SSSR count). The van der Waals surface area contributed by atoms with Gasteiger partial charge in [0.1, 0.15) is 6.54 Å². The summed E-state index contributed by atoms with van der Waals surface area (Å²) >= 11 is 1.38. The van der Waals surface area contributed by atoms with Gasteiger partial charge in [-0.2, -0.15) is 0 Å². The summed E-state index contributed by atoms with van der Waals surface area (Å²) in [5.41, 5.74) is 2.57. The van der Waals surface area contributed by atoms with Gasteiger partial charge in [0.25, 0.3) is 0 Å². The second-order valence-electron chi connectivity index (χ2n) is 6.64. The van der Waals surface area contributed by atoms with Gasteiger partial charge in [0, 0.05) is 10.6 Å². The summed E-state index contributed by atoms with van der Waals surface area (Å²) in [6.45, 7) is -0.509. The second kappa shape index (κ2) is 8.30. The van der Waals surface area contributed by atoms with Crippen LogP contribution in [0.4, 0.5) is 10.5 Å². The van der Waals surface area contributed by atoms with Gasteiger partial charge in [-0.05, 0) is 34.7 Å². The summed E-state index contributed by atoms with van der Waals surface area (Å²) in [6, 6.07) is 19.8. The number of amides is 5. The van der Waals surface area contributed by atoms with Gasteiger partial charge in [-0.15, -0.1) is 11.3 Å². The lowest BCUT2D eigenvalue weighted by atomic mass is 10.1. The number of carbonyl (C=O) groups is 4. The normalized spacial score (nSPS) is 13.8. The van der Waals surface area contributed by atoms with Crippen LogP contribution in [0.15, 0.2) is 72.1 Å². The molecule has 5 amide bonds. The van der Waals surface area contributed by atoms with Gasteiger partial charge >= 0.3 is 17.8 Å². The van der Waals surface area contributed by atoms with Crippen LogP contribution in [0.25, 0.3) is 11.1 Å². The first-order chi connectivity index (χ1) is 14.5. The second-order valence-corrected chi connectivity index (χ2v) is 7.67. The number of urea groups is 1. The Morgan fingerprint density at radius 2 is 1.47 bits per heavy atom. The molecule has 1 aliphatic heterocycles. The van der Waals surface area contributed by atoms with Gasteiger partial charge in [0.15, 0.2) is 0 Å². The molecule has 0 atom stereocenters. The zero-order valence-corrected chi connectivity index (χ0v) is 16.6. The Morgan fingerprint density at radius 3 is 2.13 bits per heavy atom. The third kappa shape index (κ3) is 3.99. The lowest BCUT2D eigenvalue weighted by Crippen LogP contribution is -2.38. The number of imide groups is 2. The van der Waals surface area contributed by atoms with Crippen LogP contribution in [0.1, 0.15) is 4.88 Å². The van der Waals surface area contributed by atoms with Crippen LogP contribution in [0.2, 0.25) is 0 Å². The first-order valence-corrected chi connectivity index (χ1v) is 10.1. The molecule has 0 spiro atoms. The number of rotatable bonds is 6. The molecule has 1 N–H and O–H groups in total. The molecule has 0 bridgehead atoms. The van der Waals surface area contributed by atoms with Crippen molar-refractivity contribution in [2.45, 2.75) is 6.54 Å². The largest absolute Gasteiger partial charge is 0.335 e. The molecule has 8 heteroatoms. The third-order valence-corrected chi connectivity index (χ3v) is 5.47.